The maximum absolute atomic E-state index is 13.4. The summed E-state index contributed by atoms with van der Waals surface area (Å²) in [7, 11) is 0. The number of halogens is 1. The lowest BCUT2D eigenvalue weighted by Gasteiger charge is -2.25. The molecular weight excluding hydrogens is 414 g/mol. The average molecular weight is 436 g/mol. The largest absolute Gasteiger partial charge is 0.336 e. The standard InChI is InChI=1S/C23H22ClN5O2/c1-15-8-9-18-19(12-15)28(14-16-6-5-7-17(24)13-16)23(31)21-25-20(26-29(18)21)22(30)27-10-3-2-4-11-27/h5-9,12-13H,2-4,10-11,14H2,1H3. The molecule has 8 heteroatoms. The van der Waals surface area contributed by atoms with Crippen molar-refractivity contribution >= 4 is 34.2 Å². The van der Waals surface area contributed by atoms with Gasteiger partial charge in [-0.3, -0.25) is 14.2 Å². The van der Waals surface area contributed by atoms with E-state index in [2.05, 4.69) is 10.1 Å². The summed E-state index contributed by atoms with van der Waals surface area (Å²) in [5.41, 5.74) is 3.26. The molecule has 1 aliphatic heterocycles. The van der Waals surface area contributed by atoms with E-state index in [4.69, 9.17) is 11.6 Å². The minimum Gasteiger partial charge on any atom is -0.336 e. The molecule has 0 N–H and O–H groups in total. The van der Waals surface area contributed by atoms with Gasteiger partial charge in [0.05, 0.1) is 17.6 Å². The number of carbonyl (C=O) groups is 1. The molecule has 0 unspecified atom stereocenters. The molecule has 1 aliphatic rings. The van der Waals surface area contributed by atoms with Gasteiger partial charge in [-0.2, -0.15) is 4.98 Å². The fraction of sp³-hybridized carbons (Fsp3) is 0.304. The third-order valence-electron chi connectivity index (χ3n) is 5.76. The number of amides is 1. The summed E-state index contributed by atoms with van der Waals surface area (Å²) in [4.78, 5) is 32.5. The molecule has 2 aromatic carbocycles. The maximum atomic E-state index is 13.4. The van der Waals surface area contributed by atoms with Crippen LogP contribution < -0.4 is 5.56 Å². The molecular formula is C23H22ClN5O2. The number of hydrogen-bond acceptors (Lipinski definition) is 4. The molecule has 1 fully saturated rings. The molecule has 31 heavy (non-hydrogen) atoms. The smallest absolute Gasteiger partial charge is 0.296 e. The molecule has 0 radical (unpaired) electrons. The number of hydrogen-bond donors (Lipinski definition) is 0. The second-order valence-corrected chi connectivity index (χ2v) is 8.47. The van der Waals surface area contributed by atoms with Gasteiger partial charge < -0.3 is 4.90 Å². The first-order valence-electron chi connectivity index (χ1n) is 10.4. The van der Waals surface area contributed by atoms with Crippen molar-refractivity contribution in [2.24, 2.45) is 0 Å². The normalized spacial score (nSPS) is 14.5. The van der Waals surface area contributed by atoms with Crippen LogP contribution in [-0.2, 0) is 6.54 Å². The zero-order valence-electron chi connectivity index (χ0n) is 17.2. The molecule has 1 saturated heterocycles. The predicted molar refractivity (Wildman–Crippen MR) is 120 cm³/mol. The molecule has 0 bridgehead atoms. The molecule has 5 rings (SSSR count). The van der Waals surface area contributed by atoms with Gasteiger partial charge in [-0.25, -0.2) is 4.52 Å². The zero-order valence-corrected chi connectivity index (χ0v) is 18.0. The summed E-state index contributed by atoms with van der Waals surface area (Å²) in [6.45, 7) is 3.73. The Morgan fingerprint density at radius 2 is 1.87 bits per heavy atom. The second-order valence-electron chi connectivity index (χ2n) is 8.04. The van der Waals surface area contributed by atoms with Crippen LogP contribution in [0.5, 0.6) is 0 Å². The molecule has 7 nitrogen and oxygen atoms in total. The van der Waals surface area contributed by atoms with Gasteiger partial charge >= 0.3 is 0 Å². The number of rotatable bonds is 3. The van der Waals surface area contributed by atoms with Crippen molar-refractivity contribution in [3.63, 3.8) is 0 Å². The minimum absolute atomic E-state index is 0.0707. The van der Waals surface area contributed by atoms with Crippen LogP contribution in [0.25, 0.3) is 16.7 Å². The van der Waals surface area contributed by atoms with Gasteiger partial charge in [-0.1, -0.05) is 29.8 Å². The van der Waals surface area contributed by atoms with Gasteiger partial charge in [0.25, 0.3) is 11.5 Å². The fourth-order valence-corrected chi connectivity index (χ4v) is 4.39. The van der Waals surface area contributed by atoms with E-state index in [9.17, 15) is 9.59 Å². The topological polar surface area (TPSA) is 72.5 Å². The van der Waals surface area contributed by atoms with Crippen molar-refractivity contribution in [3.05, 3.63) is 74.8 Å². The van der Waals surface area contributed by atoms with E-state index in [1.807, 2.05) is 43.3 Å². The van der Waals surface area contributed by atoms with E-state index >= 15 is 0 Å². The third kappa shape index (κ3) is 3.59. The Morgan fingerprint density at radius 3 is 2.65 bits per heavy atom. The SMILES string of the molecule is Cc1ccc2c(c1)n(Cc1cccc(Cl)c1)c(=O)c1nc(C(=O)N3CCCCC3)nn12. The molecule has 3 heterocycles. The highest BCUT2D eigenvalue weighted by molar-refractivity contribution is 6.30. The molecule has 0 spiro atoms. The first kappa shape index (κ1) is 19.8. The molecule has 0 saturated carbocycles. The zero-order chi connectivity index (χ0) is 21.5. The van der Waals surface area contributed by atoms with Crippen LogP contribution in [0.15, 0.2) is 47.3 Å². The summed E-state index contributed by atoms with van der Waals surface area (Å²) < 4.78 is 3.18. The number of nitrogens with zero attached hydrogens (tertiary/aromatic N) is 5. The van der Waals surface area contributed by atoms with Crippen LogP contribution in [0.4, 0.5) is 0 Å². The molecule has 2 aromatic heterocycles. The summed E-state index contributed by atoms with van der Waals surface area (Å²) in [6.07, 6.45) is 3.09. The maximum Gasteiger partial charge on any atom is 0.296 e. The van der Waals surface area contributed by atoms with Gasteiger partial charge in [0.1, 0.15) is 0 Å². The van der Waals surface area contributed by atoms with E-state index in [1.165, 1.54) is 4.52 Å². The Bertz CT molecular complexity index is 1370. The third-order valence-corrected chi connectivity index (χ3v) is 5.99. The number of aryl methyl sites for hydroxylation is 1. The Hall–Kier alpha value is -3.19. The van der Waals surface area contributed by atoms with Crippen LogP contribution >= 0.6 is 11.6 Å². The van der Waals surface area contributed by atoms with E-state index in [1.54, 1.807) is 15.5 Å². The quantitative estimate of drug-likeness (QED) is 0.492. The number of piperidine rings is 1. The monoisotopic (exact) mass is 435 g/mol. The van der Waals surface area contributed by atoms with Crippen LogP contribution in [-0.4, -0.2) is 43.1 Å². The average Bonchev–Trinajstić information content (AvgIpc) is 3.22. The van der Waals surface area contributed by atoms with Crippen molar-refractivity contribution in [1.29, 1.82) is 0 Å². The van der Waals surface area contributed by atoms with Crippen molar-refractivity contribution in [1.82, 2.24) is 24.1 Å². The van der Waals surface area contributed by atoms with Gasteiger partial charge in [-0.15, -0.1) is 5.10 Å². The lowest BCUT2D eigenvalue weighted by Crippen LogP contribution is -2.36. The van der Waals surface area contributed by atoms with E-state index in [-0.39, 0.29) is 22.9 Å². The van der Waals surface area contributed by atoms with Crippen LogP contribution in [0, 0.1) is 6.92 Å². The van der Waals surface area contributed by atoms with Crippen molar-refractivity contribution < 1.29 is 4.79 Å². The highest BCUT2D eigenvalue weighted by atomic mass is 35.5. The van der Waals surface area contributed by atoms with E-state index < -0.39 is 0 Å². The number of likely N-dealkylation sites (tertiary alicyclic amines) is 1. The highest BCUT2D eigenvalue weighted by Crippen LogP contribution is 2.19. The van der Waals surface area contributed by atoms with Crippen molar-refractivity contribution in [2.45, 2.75) is 32.7 Å². The first-order valence-corrected chi connectivity index (χ1v) is 10.8. The summed E-state index contributed by atoms with van der Waals surface area (Å²) in [6, 6.07) is 13.3. The Labute approximate surface area is 183 Å². The number of benzene rings is 2. The van der Waals surface area contributed by atoms with Crippen molar-refractivity contribution in [3.8, 4) is 0 Å². The van der Waals surface area contributed by atoms with Crippen molar-refractivity contribution in [2.75, 3.05) is 13.1 Å². The lowest BCUT2D eigenvalue weighted by molar-refractivity contribution is 0.0712. The van der Waals surface area contributed by atoms with Crippen LogP contribution in [0.3, 0.4) is 0 Å². The molecule has 0 aliphatic carbocycles. The van der Waals surface area contributed by atoms with Crippen LogP contribution in [0.1, 0.15) is 41.0 Å². The summed E-state index contributed by atoms with van der Waals surface area (Å²) in [5, 5.41) is 5.06. The number of fused-ring (bicyclic) bond motifs is 3. The summed E-state index contributed by atoms with van der Waals surface area (Å²) in [5.74, 6) is -0.147. The Balaban J connectivity index is 1.69. The van der Waals surface area contributed by atoms with Gasteiger partial charge in [0.2, 0.25) is 11.5 Å². The first-order chi connectivity index (χ1) is 15.0. The van der Waals surface area contributed by atoms with Crippen LogP contribution in [0.2, 0.25) is 5.02 Å². The molecule has 158 valence electrons. The number of carbonyl (C=O) groups excluding carboxylic acids is 1. The minimum atomic E-state index is -0.289. The highest BCUT2D eigenvalue weighted by Gasteiger charge is 2.24. The van der Waals surface area contributed by atoms with E-state index in [0.717, 1.165) is 41.4 Å². The second kappa shape index (κ2) is 7.81. The van der Waals surface area contributed by atoms with Gasteiger partial charge in [-0.05, 0) is 61.6 Å². The fourth-order valence-electron chi connectivity index (χ4n) is 4.18. The lowest BCUT2D eigenvalue weighted by atomic mass is 10.1. The predicted octanol–water partition coefficient (Wildman–Crippen LogP) is 3.68. The van der Waals surface area contributed by atoms with E-state index in [0.29, 0.717) is 24.7 Å². The molecule has 1 amide bonds. The Morgan fingerprint density at radius 1 is 1.06 bits per heavy atom. The molecule has 4 aromatic rings. The molecule has 0 atom stereocenters. The Kier molecular flexibility index (Phi) is 4.98. The summed E-state index contributed by atoms with van der Waals surface area (Å²) >= 11 is 6.15. The van der Waals surface area contributed by atoms with Gasteiger partial charge in [0, 0.05) is 18.1 Å². The van der Waals surface area contributed by atoms with Gasteiger partial charge in [0.15, 0.2) is 0 Å². The number of aromatic nitrogens is 4.